The van der Waals surface area contributed by atoms with E-state index in [-0.39, 0.29) is 11.7 Å². The van der Waals surface area contributed by atoms with Gasteiger partial charge in [0.25, 0.3) is 0 Å². The number of nitrogens with two attached hydrogens (primary N) is 1. The van der Waals surface area contributed by atoms with Crippen molar-refractivity contribution in [2.45, 2.75) is 19.3 Å². The number of hydrogen-bond donors (Lipinski definition) is 3. The van der Waals surface area contributed by atoms with Crippen LogP contribution in [0.4, 0.5) is 0 Å². The normalized spacial score (nSPS) is 12.7. The molecule has 1 heterocycles. The molecule has 0 fully saturated rings. The number of aromatic amines is 1. The number of aromatic hydroxyl groups is 1. The van der Waals surface area contributed by atoms with E-state index in [0.717, 1.165) is 23.2 Å². The Hall–Kier alpha value is -1.97. The molecule has 4 heteroatoms. The number of aromatic nitrogens is 1. The van der Waals surface area contributed by atoms with Crippen molar-refractivity contribution in [2.24, 2.45) is 5.73 Å². The third-order valence-corrected chi connectivity index (χ3v) is 4.43. The largest absolute Gasteiger partial charge is 0.506 e. The summed E-state index contributed by atoms with van der Waals surface area (Å²) in [5.74, 6) is 0.315. The van der Waals surface area contributed by atoms with Crippen molar-refractivity contribution >= 4 is 22.5 Å². The van der Waals surface area contributed by atoms with Gasteiger partial charge in [-0.05, 0) is 49.2 Å². The lowest BCUT2D eigenvalue weighted by Gasteiger charge is -2.16. The number of aryl methyl sites for hydroxylation is 1. The van der Waals surface area contributed by atoms with E-state index in [4.69, 9.17) is 17.3 Å². The molecule has 0 saturated heterocycles. The number of halogens is 1. The summed E-state index contributed by atoms with van der Waals surface area (Å²) in [7, 11) is 0. The molecule has 2 aromatic carbocycles. The fourth-order valence-corrected chi connectivity index (χ4v) is 3.29. The third-order valence-electron chi connectivity index (χ3n) is 4.13. The predicted octanol–water partition coefficient (Wildman–Crippen LogP) is 4.12. The van der Waals surface area contributed by atoms with E-state index >= 15 is 0 Å². The van der Waals surface area contributed by atoms with Crippen LogP contribution in [-0.2, 0) is 6.42 Å². The second kappa shape index (κ2) is 6.03. The minimum Gasteiger partial charge on any atom is -0.506 e. The lowest BCUT2D eigenvalue weighted by atomic mass is 9.90. The van der Waals surface area contributed by atoms with Gasteiger partial charge in [-0.15, -0.1) is 0 Å². The van der Waals surface area contributed by atoms with Crippen molar-refractivity contribution in [3.05, 3.63) is 64.3 Å². The van der Waals surface area contributed by atoms with E-state index in [9.17, 15) is 5.11 Å². The lowest BCUT2D eigenvalue weighted by molar-refractivity contribution is 0.475. The van der Waals surface area contributed by atoms with Crippen molar-refractivity contribution in [3.8, 4) is 5.75 Å². The molecule has 4 N–H and O–H groups in total. The first kappa shape index (κ1) is 14.9. The number of nitrogens with one attached hydrogen (secondary N) is 1. The number of benzene rings is 2. The van der Waals surface area contributed by atoms with Crippen LogP contribution in [0.15, 0.2) is 42.5 Å². The van der Waals surface area contributed by atoms with Crippen LogP contribution in [-0.4, -0.2) is 16.6 Å². The molecule has 22 heavy (non-hydrogen) atoms. The van der Waals surface area contributed by atoms with Gasteiger partial charge in [0.15, 0.2) is 0 Å². The van der Waals surface area contributed by atoms with Gasteiger partial charge in [-0.1, -0.05) is 35.9 Å². The maximum Gasteiger partial charge on any atom is 0.134 e. The van der Waals surface area contributed by atoms with E-state index in [0.29, 0.717) is 11.6 Å². The Labute approximate surface area is 134 Å². The highest BCUT2D eigenvalue weighted by atomic mass is 35.5. The lowest BCUT2D eigenvalue weighted by Crippen LogP contribution is -2.15. The van der Waals surface area contributed by atoms with E-state index in [1.54, 1.807) is 6.07 Å². The molecule has 3 rings (SSSR count). The van der Waals surface area contributed by atoms with Crippen LogP contribution in [0, 0.1) is 6.92 Å². The average molecular weight is 315 g/mol. The van der Waals surface area contributed by atoms with Crippen LogP contribution in [0.3, 0.4) is 0 Å². The number of hydrogen-bond acceptors (Lipinski definition) is 2. The van der Waals surface area contributed by atoms with E-state index in [1.807, 2.05) is 24.3 Å². The Balaban J connectivity index is 1.99. The van der Waals surface area contributed by atoms with Crippen molar-refractivity contribution in [1.82, 2.24) is 4.98 Å². The number of phenols is 1. The van der Waals surface area contributed by atoms with Crippen molar-refractivity contribution < 1.29 is 5.11 Å². The maximum atomic E-state index is 9.54. The van der Waals surface area contributed by atoms with Gasteiger partial charge in [-0.2, -0.15) is 0 Å². The fourth-order valence-electron chi connectivity index (χ4n) is 3.09. The first-order chi connectivity index (χ1) is 10.6. The highest BCUT2D eigenvalue weighted by molar-refractivity contribution is 6.32. The van der Waals surface area contributed by atoms with E-state index in [2.05, 4.69) is 24.0 Å². The van der Waals surface area contributed by atoms with Gasteiger partial charge in [0.1, 0.15) is 5.75 Å². The minimum atomic E-state index is 0.109. The summed E-state index contributed by atoms with van der Waals surface area (Å²) in [6.45, 7) is 2.64. The highest BCUT2D eigenvalue weighted by Crippen LogP contribution is 2.32. The van der Waals surface area contributed by atoms with Crippen LogP contribution in [0.2, 0.25) is 5.02 Å². The Kier molecular flexibility index (Phi) is 4.10. The van der Waals surface area contributed by atoms with Crippen molar-refractivity contribution in [1.29, 1.82) is 0 Å². The molecule has 0 bridgehead atoms. The zero-order valence-electron chi connectivity index (χ0n) is 12.4. The quantitative estimate of drug-likeness (QED) is 0.678. The monoisotopic (exact) mass is 314 g/mol. The minimum absolute atomic E-state index is 0.109. The Morgan fingerprint density at radius 2 is 2.00 bits per heavy atom. The molecule has 0 aliphatic heterocycles. The molecule has 0 radical (unpaired) electrons. The number of rotatable bonds is 4. The highest BCUT2D eigenvalue weighted by Gasteiger charge is 2.18. The molecule has 1 atom stereocenters. The van der Waals surface area contributed by atoms with E-state index in [1.165, 1.54) is 10.9 Å². The average Bonchev–Trinajstić information content (AvgIpc) is 2.84. The summed E-state index contributed by atoms with van der Waals surface area (Å²) in [6.07, 6.45) is 0.791. The summed E-state index contributed by atoms with van der Waals surface area (Å²) in [4.78, 5) is 3.43. The zero-order valence-corrected chi connectivity index (χ0v) is 13.2. The third kappa shape index (κ3) is 2.70. The summed E-state index contributed by atoms with van der Waals surface area (Å²) in [5.41, 5.74) is 10.7. The summed E-state index contributed by atoms with van der Waals surface area (Å²) >= 11 is 6.00. The number of para-hydroxylation sites is 1. The molecule has 114 valence electrons. The van der Waals surface area contributed by atoms with Gasteiger partial charge in [0.05, 0.1) is 5.02 Å². The van der Waals surface area contributed by atoms with Gasteiger partial charge in [0.2, 0.25) is 0 Å². The number of fused-ring (bicyclic) bond motifs is 1. The second-order valence-corrected chi connectivity index (χ2v) is 6.04. The topological polar surface area (TPSA) is 62.0 Å². The standard InChI is InChI=1S/C18H19ClN2O/c1-11-18(14-4-2-3-5-16(14)21-11)13(10-20)8-12-6-7-17(22)15(19)9-12/h2-7,9,13,21-22H,8,10,20H2,1H3. The SMILES string of the molecule is Cc1[nH]c2ccccc2c1C(CN)Cc1ccc(O)c(Cl)c1. The van der Waals surface area contributed by atoms with Crippen LogP contribution in [0.5, 0.6) is 5.75 Å². The zero-order chi connectivity index (χ0) is 15.7. The first-order valence-corrected chi connectivity index (χ1v) is 7.72. The van der Waals surface area contributed by atoms with Gasteiger partial charge in [0, 0.05) is 22.5 Å². The van der Waals surface area contributed by atoms with Crippen LogP contribution in [0.1, 0.15) is 22.7 Å². The Morgan fingerprint density at radius 3 is 2.73 bits per heavy atom. The number of H-pyrrole nitrogens is 1. The van der Waals surface area contributed by atoms with Gasteiger partial charge in [-0.25, -0.2) is 0 Å². The fraction of sp³-hybridized carbons (Fsp3) is 0.222. The summed E-state index contributed by atoms with van der Waals surface area (Å²) in [5, 5.41) is 11.1. The first-order valence-electron chi connectivity index (χ1n) is 7.34. The van der Waals surface area contributed by atoms with Gasteiger partial charge in [-0.3, -0.25) is 0 Å². The molecule has 0 saturated carbocycles. The molecular weight excluding hydrogens is 296 g/mol. The maximum absolute atomic E-state index is 9.54. The van der Waals surface area contributed by atoms with Crippen LogP contribution < -0.4 is 5.73 Å². The van der Waals surface area contributed by atoms with Crippen molar-refractivity contribution in [2.75, 3.05) is 6.54 Å². The predicted molar refractivity (Wildman–Crippen MR) is 91.7 cm³/mol. The molecule has 0 amide bonds. The molecule has 0 aliphatic carbocycles. The molecule has 1 aromatic heterocycles. The van der Waals surface area contributed by atoms with Crippen molar-refractivity contribution in [3.63, 3.8) is 0 Å². The van der Waals surface area contributed by atoms with Gasteiger partial charge < -0.3 is 15.8 Å². The second-order valence-electron chi connectivity index (χ2n) is 5.63. The molecule has 3 aromatic rings. The molecule has 3 nitrogen and oxygen atoms in total. The number of phenolic OH excluding ortho intramolecular Hbond substituents is 1. The molecule has 0 aliphatic rings. The van der Waals surface area contributed by atoms with E-state index < -0.39 is 0 Å². The molecule has 0 spiro atoms. The summed E-state index contributed by atoms with van der Waals surface area (Å²) in [6, 6.07) is 13.6. The Bertz CT molecular complexity index is 810. The smallest absolute Gasteiger partial charge is 0.134 e. The van der Waals surface area contributed by atoms with Gasteiger partial charge >= 0.3 is 0 Å². The van der Waals surface area contributed by atoms with Crippen LogP contribution in [0.25, 0.3) is 10.9 Å². The molecular formula is C18H19ClN2O. The molecule has 1 unspecified atom stereocenters. The van der Waals surface area contributed by atoms with Crippen LogP contribution >= 0.6 is 11.6 Å². The summed E-state index contributed by atoms with van der Waals surface area (Å²) < 4.78 is 0. The Morgan fingerprint density at radius 1 is 1.23 bits per heavy atom.